The molecule has 0 spiro atoms. The summed E-state index contributed by atoms with van der Waals surface area (Å²) < 4.78 is 15.8. The minimum atomic E-state index is -0.595. The van der Waals surface area contributed by atoms with Crippen LogP contribution in [0.5, 0.6) is 11.5 Å². The normalized spacial score (nSPS) is 10.4. The van der Waals surface area contributed by atoms with Gasteiger partial charge in [0.25, 0.3) is 5.91 Å². The summed E-state index contributed by atoms with van der Waals surface area (Å²) in [5, 5.41) is 4.97. The molecule has 0 saturated heterocycles. The number of nitrogens with zero attached hydrogens (tertiary/aromatic N) is 1. The van der Waals surface area contributed by atoms with Crippen molar-refractivity contribution in [2.45, 2.75) is 0 Å². The molecule has 0 atom stereocenters. The van der Waals surface area contributed by atoms with Crippen LogP contribution >= 0.6 is 11.3 Å². The van der Waals surface area contributed by atoms with Crippen LogP contribution in [0.25, 0.3) is 10.6 Å². The Balaban J connectivity index is 1.47. The molecular weight excluding hydrogens is 404 g/mol. The number of carbonyl (C=O) groups is 2. The van der Waals surface area contributed by atoms with Crippen LogP contribution in [0, 0.1) is 0 Å². The quantitative estimate of drug-likeness (QED) is 0.353. The van der Waals surface area contributed by atoms with Crippen LogP contribution in [0.15, 0.2) is 76.7 Å². The van der Waals surface area contributed by atoms with Crippen LogP contribution in [-0.2, 0) is 0 Å². The van der Waals surface area contributed by atoms with Gasteiger partial charge in [0.2, 0.25) is 0 Å². The van der Waals surface area contributed by atoms with Gasteiger partial charge in [0.1, 0.15) is 16.5 Å². The highest BCUT2D eigenvalue weighted by Crippen LogP contribution is 2.32. The second-order valence-corrected chi connectivity index (χ2v) is 6.95. The van der Waals surface area contributed by atoms with Crippen LogP contribution in [0.4, 0.5) is 5.69 Å². The van der Waals surface area contributed by atoms with Gasteiger partial charge in [-0.05, 0) is 36.4 Å². The number of amides is 1. The summed E-state index contributed by atoms with van der Waals surface area (Å²) in [6.45, 7) is 0. The number of anilines is 1. The molecule has 30 heavy (non-hydrogen) atoms. The van der Waals surface area contributed by atoms with E-state index in [1.807, 2.05) is 24.3 Å². The van der Waals surface area contributed by atoms with Crippen molar-refractivity contribution in [3.05, 3.63) is 83.8 Å². The third kappa shape index (κ3) is 4.23. The molecule has 0 radical (unpaired) electrons. The third-order valence-corrected chi connectivity index (χ3v) is 4.97. The number of furan rings is 1. The predicted octanol–water partition coefficient (Wildman–Crippen LogP) is 4.88. The third-order valence-electron chi connectivity index (χ3n) is 4.10. The lowest BCUT2D eigenvalue weighted by Gasteiger charge is -2.07. The molecule has 7 nitrogen and oxygen atoms in total. The number of hydrogen-bond acceptors (Lipinski definition) is 7. The van der Waals surface area contributed by atoms with Crippen molar-refractivity contribution in [1.29, 1.82) is 0 Å². The van der Waals surface area contributed by atoms with E-state index in [0.717, 1.165) is 5.56 Å². The highest BCUT2D eigenvalue weighted by atomic mass is 32.1. The Morgan fingerprint density at radius 2 is 1.93 bits per heavy atom. The molecule has 0 aliphatic carbocycles. The van der Waals surface area contributed by atoms with Crippen LogP contribution in [0.3, 0.4) is 0 Å². The Kier molecular flexibility index (Phi) is 5.58. The maximum Gasteiger partial charge on any atom is 0.363 e. The van der Waals surface area contributed by atoms with Gasteiger partial charge < -0.3 is 19.2 Å². The van der Waals surface area contributed by atoms with Crippen molar-refractivity contribution >= 4 is 28.9 Å². The first-order valence-corrected chi connectivity index (χ1v) is 9.78. The Bertz CT molecular complexity index is 1180. The average Bonchev–Trinajstić information content (AvgIpc) is 3.46. The molecule has 8 heteroatoms. The van der Waals surface area contributed by atoms with E-state index in [9.17, 15) is 9.59 Å². The van der Waals surface area contributed by atoms with Crippen LogP contribution in [0.1, 0.15) is 21.0 Å². The molecule has 0 bridgehead atoms. The average molecular weight is 420 g/mol. The van der Waals surface area contributed by atoms with Crippen molar-refractivity contribution in [3.8, 4) is 22.1 Å². The molecule has 2 aromatic heterocycles. The van der Waals surface area contributed by atoms with Gasteiger partial charge in [-0.25, -0.2) is 9.78 Å². The van der Waals surface area contributed by atoms with Crippen LogP contribution in [0.2, 0.25) is 0 Å². The zero-order valence-electron chi connectivity index (χ0n) is 15.8. The molecule has 0 fully saturated rings. The minimum absolute atomic E-state index is 0.184. The fourth-order valence-electron chi connectivity index (χ4n) is 2.71. The van der Waals surface area contributed by atoms with E-state index >= 15 is 0 Å². The minimum Gasteiger partial charge on any atom is -0.496 e. The molecule has 4 rings (SSSR count). The van der Waals surface area contributed by atoms with Gasteiger partial charge in [-0.2, -0.15) is 0 Å². The van der Waals surface area contributed by atoms with E-state index in [0.29, 0.717) is 16.4 Å². The summed E-state index contributed by atoms with van der Waals surface area (Å²) >= 11 is 1.32. The lowest BCUT2D eigenvalue weighted by molar-refractivity contribution is 0.0729. The Hall–Kier alpha value is -3.91. The van der Waals surface area contributed by atoms with Gasteiger partial charge >= 0.3 is 5.97 Å². The molecule has 1 amide bonds. The Morgan fingerprint density at radius 3 is 2.73 bits per heavy atom. The lowest BCUT2D eigenvalue weighted by atomic mass is 10.2. The monoisotopic (exact) mass is 420 g/mol. The van der Waals surface area contributed by atoms with Gasteiger partial charge in [-0.3, -0.25) is 4.79 Å². The number of thiazole rings is 1. The molecule has 0 aliphatic heterocycles. The summed E-state index contributed by atoms with van der Waals surface area (Å²) in [5.74, 6) is 0.144. The number of benzene rings is 2. The summed E-state index contributed by atoms with van der Waals surface area (Å²) in [7, 11) is 1.58. The van der Waals surface area contributed by atoms with E-state index in [-0.39, 0.29) is 17.2 Å². The maximum absolute atomic E-state index is 12.5. The smallest absolute Gasteiger partial charge is 0.363 e. The van der Waals surface area contributed by atoms with Gasteiger partial charge in [-0.1, -0.05) is 18.2 Å². The molecule has 1 N–H and O–H groups in total. The fourth-order valence-corrected chi connectivity index (χ4v) is 3.53. The number of nitrogens with one attached hydrogen (secondary N) is 1. The van der Waals surface area contributed by atoms with E-state index in [1.54, 1.807) is 48.9 Å². The van der Waals surface area contributed by atoms with Crippen molar-refractivity contribution < 1.29 is 23.5 Å². The predicted molar refractivity (Wildman–Crippen MR) is 112 cm³/mol. The molecular formula is C22H16N2O5S. The number of ether oxygens (including phenoxy) is 2. The first kappa shape index (κ1) is 19.4. The second kappa shape index (κ2) is 8.62. The maximum atomic E-state index is 12.5. The van der Waals surface area contributed by atoms with Gasteiger partial charge in [0.05, 0.1) is 18.9 Å². The number of rotatable bonds is 6. The van der Waals surface area contributed by atoms with E-state index in [2.05, 4.69) is 10.3 Å². The number of esters is 1. The first-order valence-electron chi connectivity index (χ1n) is 8.90. The summed E-state index contributed by atoms with van der Waals surface area (Å²) in [6.07, 6.45) is 1.42. The first-order chi connectivity index (χ1) is 14.6. The summed E-state index contributed by atoms with van der Waals surface area (Å²) in [5.41, 5.74) is 1.45. The second-order valence-electron chi connectivity index (χ2n) is 6.09. The van der Waals surface area contributed by atoms with E-state index < -0.39 is 11.9 Å². The Morgan fingerprint density at radius 1 is 1.07 bits per heavy atom. The van der Waals surface area contributed by atoms with Crippen molar-refractivity contribution in [1.82, 2.24) is 4.98 Å². The molecule has 0 aliphatic rings. The number of carbonyl (C=O) groups excluding carboxylic acids is 2. The molecule has 150 valence electrons. The van der Waals surface area contributed by atoms with Crippen LogP contribution < -0.4 is 14.8 Å². The highest BCUT2D eigenvalue weighted by Gasteiger charge is 2.17. The summed E-state index contributed by atoms with van der Waals surface area (Å²) in [4.78, 5) is 29.0. The summed E-state index contributed by atoms with van der Waals surface area (Å²) in [6, 6.07) is 17.1. The van der Waals surface area contributed by atoms with Crippen molar-refractivity contribution in [2.75, 3.05) is 12.4 Å². The van der Waals surface area contributed by atoms with Crippen molar-refractivity contribution in [2.24, 2.45) is 0 Å². The van der Waals surface area contributed by atoms with Crippen LogP contribution in [-0.4, -0.2) is 24.0 Å². The molecule has 0 saturated carbocycles. The largest absolute Gasteiger partial charge is 0.496 e. The Labute approximate surface area is 175 Å². The van der Waals surface area contributed by atoms with E-state index in [1.165, 1.54) is 17.6 Å². The zero-order valence-corrected chi connectivity index (χ0v) is 16.6. The molecule has 0 unspecified atom stereocenters. The number of para-hydroxylation sites is 1. The fraction of sp³-hybridized carbons (Fsp3) is 0.0455. The van der Waals surface area contributed by atoms with Crippen molar-refractivity contribution in [3.63, 3.8) is 0 Å². The molecule has 2 heterocycles. The van der Waals surface area contributed by atoms with E-state index in [4.69, 9.17) is 13.9 Å². The SMILES string of the molecule is COc1ccccc1-c1nc(C(=O)Oc2cccc(NC(=O)c3ccco3)c2)cs1. The van der Waals surface area contributed by atoms with Gasteiger partial charge in [0.15, 0.2) is 11.5 Å². The number of hydrogen-bond donors (Lipinski definition) is 1. The highest BCUT2D eigenvalue weighted by molar-refractivity contribution is 7.13. The standard InChI is InChI=1S/C22H16N2O5S/c1-27-18-9-3-2-8-16(18)21-24-17(13-30-21)22(26)29-15-7-4-6-14(12-15)23-20(25)19-10-5-11-28-19/h2-13H,1H3,(H,23,25). The number of methoxy groups -OCH3 is 1. The number of aromatic nitrogens is 1. The molecule has 2 aromatic carbocycles. The topological polar surface area (TPSA) is 90.7 Å². The van der Waals surface area contributed by atoms with Gasteiger partial charge in [0, 0.05) is 17.1 Å². The lowest BCUT2D eigenvalue weighted by Crippen LogP contribution is -2.12. The molecule has 4 aromatic rings. The zero-order chi connectivity index (χ0) is 20.9. The van der Waals surface area contributed by atoms with Gasteiger partial charge in [-0.15, -0.1) is 11.3 Å².